The van der Waals surface area contributed by atoms with Gasteiger partial charge in [0.05, 0.1) is 0 Å². The molecule has 5 nitrogen and oxygen atoms in total. The molecule has 42 valence electrons. The Morgan fingerprint density at radius 3 is 1.12 bits per heavy atom. The van der Waals surface area contributed by atoms with Crippen LogP contribution in [0.1, 0.15) is 0 Å². The molecule has 0 bridgehead atoms. The van der Waals surface area contributed by atoms with Crippen LogP contribution in [0.2, 0.25) is 0 Å². The van der Waals surface area contributed by atoms with Gasteiger partial charge < -0.3 is 15.7 Å². The summed E-state index contributed by atoms with van der Waals surface area (Å²) >= 11 is 0. The fourth-order valence-electron chi connectivity index (χ4n) is 0. The Hall–Kier alpha value is -0.334. The van der Waals surface area contributed by atoms with Crippen LogP contribution in [0.3, 0.4) is 0 Å². The number of hydrogen-bond acceptors (Lipinski definition) is 2. The third kappa shape index (κ3) is 9.18. The van der Waals surface area contributed by atoms with Crippen molar-refractivity contribution in [1.29, 1.82) is 0 Å². The molecule has 0 atom stereocenters. The number of carboxylic acid groups (broad SMARTS) is 2. The third-order valence-corrected chi connectivity index (χ3v) is 0.183. The van der Waals surface area contributed by atoms with Gasteiger partial charge in [-0.2, -0.15) is 0 Å². The summed E-state index contributed by atoms with van der Waals surface area (Å²) in [5, 5.41) is 14.8. The largest absolute Gasteiger partial charge is 2.00 e. The summed E-state index contributed by atoms with van der Waals surface area (Å²) in [4.78, 5) is 18.2. The average Bonchev–Trinajstić information content (AvgIpc) is 1.36. The van der Waals surface area contributed by atoms with Gasteiger partial charge in [-0.3, -0.25) is 0 Å². The minimum absolute atomic E-state index is 0. The van der Waals surface area contributed by atoms with Crippen molar-refractivity contribution in [3.63, 3.8) is 0 Å². The standard InChI is InChI=1S/C2H2O4.Mg.O/c3-1(4)2(5)6;;/h(H,3,4)(H,5,6);;/q;+2;-2. The van der Waals surface area contributed by atoms with E-state index in [0.717, 1.165) is 0 Å². The summed E-state index contributed by atoms with van der Waals surface area (Å²) in [6.45, 7) is 0. The Bertz CT molecular complexity index is 76.4. The van der Waals surface area contributed by atoms with E-state index >= 15 is 0 Å². The van der Waals surface area contributed by atoms with E-state index in [1.54, 1.807) is 0 Å². The first kappa shape index (κ1) is 15.6. The van der Waals surface area contributed by atoms with Crippen LogP contribution in [0.15, 0.2) is 0 Å². The van der Waals surface area contributed by atoms with E-state index in [2.05, 4.69) is 0 Å². The smallest absolute Gasteiger partial charge is 2.00 e. The van der Waals surface area contributed by atoms with Crippen molar-refractivity contribution in [2.24, 2.45) is 0 Å². The van der Waals surface area contributed by atoms with Crippen molar-refractivity contribution >= 4 is 35.0 Å². The van der Waals surface area contributed by atoms with E-state index in [4.69, 9.17) is 19.8 Å². The van der Waals surface area contributed by atoms with Gasteiger partial charge in [0.15, 0.2) is 0 Å². The number of aliphatic carboxylic acids is 2. The molecule has 0 saturated carbocycles. The maximum Gasteiger partial charge on any atom is 2.00 e. The molecule has 0 fully saturated rings. The monoisotopic (exact) mass is 130 g/mol. The van der Waals surface area contributed by atoms with Gasteiger partial charge in [0.2, 0.25) is 0 Å². The van der Waals surface area contributed by atoms with Crippen LogP contribution < -0.4 is 0 Å². The Labute approximate surface area is 60.8 Å². The van der Waals surface area contributed by atoms with Crippen LogP contribution in [0.5, 0.6) is 0 Å². The molecule has 0 spiro atoms. The Balaban J connectivity index is -0.000000125. The summed E-state index contributed by atoms with van der Waals surface area (Å²) in [6.07, 6.45) is 0. The average molecular weight is 130 g/mol. The van der Waals surface area contributed by atoms with Crippen molar-refractivity contribution in [1.82, 2.24) is 0 Å². The first-order chi connectivity index (χ1) is 2.64. The van der Waals surface area contributed by atoms with E-state index in [0.29, 0.717) is 0 Å². The van der Waals surface area contributed by atoms with Crippen LogP contribution >= 0.6 is 0 Å². The predicted molar refractivity (Wildman–Crippen MR) is 21.7 cm³/mol. The quantitative estimate of drug-likeness (QED) is 0.313. The molecule has 0 saturated heterocycles. The van der Waals surface area contributed by atoms with Crippen LogP contribution in [-0.4, -0.2) is 45.2 Å². The Morgan fingerprint density at radius 2 is 1.12 bits per heavy atom. The fraction of sp³-hybridized carbons (Fsp3) is 0. The van der Waals surface area contributed by atoms with Gasteiger partial charge in [0.1, 0.15) is 0 Å². The van der Waals surface area contributed by atoms with Crippen molar-refractivity contribution in [2.75, 3.05) is 0 Å². The fourth-order valence-corrected chi connectivity index (χ4v) is 0. The van der Waals surface area contributed by atoms with Gasteiger partial charge in [-0.25, -0.2) is 9.59 Å². The summed E-state index contributed by atoms with van der Waals surface area (Å²) in [7, 11) is 0. The molecule has 0 aromatic carbocycles. The van der Waals surface area contributed by atoms with Gasteiger partial charge >= 0.3 is 35.0 Å². The normalized spacial score (nSPS) is 5.50. The van der Waals surface area contributed by atoms with E-state index < -0.39 is 11.9 Å². The first-order valence-corrected chi connectivity index (χ1v) is 1.11. The van der Waals surface area contributed by atoms with E-state index in [1.165, 1.54) is 0 Å². The molecule has 2 N–H and O–H groups in total. The number of hydrogen-bond donors (Lipinski definition) is 2. The zero-order valence-electron chi connectivity index (χ0n) is 3.83. The predicted octanol–water partition coefficient (Wildman–Crippen LogP) is -1.34. The first-order valence-electron chi connectivity index (χ1n) is 1.11. The zero-order valence-corrected chi connectivity index (χ0v) is 5.24. The van der Waals surface area contributed by atoms with Crippen LogP contribution in [-0.2, 0) is 15.1 Å². The Kier molecular flexibility index (Phi) is 13.0. The second-order valence-corrected chi connectivity index (χ2v) is 0.610. The summed E-state index contributed by atoms with van der Waals surface area (Å²) in [6, 6.07) is 0. The van der Waals surface area contributed by atoms with E-state index in [1.807, 2.05) is 0 Å². The van der Waals surface area contributed by atoms with Crippen molar-refractivity contribution < 1.29 is 25.3 Å². The van der Waals surface area contributed by atoms with Gasteiger partial charge in [-0.05, 0) is 0 Å². The van der Waals surface area contributed by atoms with Crippen molar-refractivity contribution in [3.05, 3.63) is 0 Å². The number of rotatable bonds is 0. The molecule has 0 heterocycles. The molecule has 0 radical (unpaired) electrons. The maximum atomic E-state index is 9.10. The minimum atomic E-state index is -1.82. The molecule has 0 rings (SSSR count). The number of carboxylic acids is 2. The molecule has 0 aliphatic heterocycles. The van der Waals surface area contributed by atoms with Gasteiger partial charge in [-0.15, -0.1) is 0 Å². The van der Waals surface area contributed by atoms with E-state index in [-0.39, 0.29) is 28.5 Å². The van der Waals surface area contributed by atoms with Gasteiger partial charge in [0, 0.05) is 0 Å². The van der Waals surface area contributed by atoms with Crippen LogP contribution in [0.4, 0.5) is 0 Å². The van der Waals surface area contributed by atoms with Crippen molar-refractivity contribution in [2.45, 2.75) is 0 Å². The molecule has 0 amide bonds. The molecule has 0 unspecified atom stereocenters. The van der Waals surface area contributed by atoms with Gasteiger partial charge in [-0.1, -0.05) is 0 Å². The Morgan fingerprint density at radius 1 is 1.00 bits per heavy atom. The second-order valence-electron chi connectivity index (χ2n) is 0.610. The SMILES string of the molecule is O=C(O)C(=O)O.[Mg+2].[O-2]. The third-order valence-electron chi connectivity index (χ3n) is 0.183. The topological polar surface area (TPSA) is 103 Å². The second kappa shape index (κ2) is 6.67. The molecule has 6 heteroatoms. The van der Waals surface area contributed by atoms with Gasteiger partial charge in [0.25, 0.3) is 0 Å². The maximum absolute atomic E-state index is 9.10. The molecule has 8 heavy (non-hydrogen) atoms. The van der Waals surface area contributed by atoms with Crippen LogP contribution in [0, 0.1) is 0 Å². The zero-order chi connectivity index (χ0) is 5.15. The van der Waals surface area contributed by atoms with Crippen LogP contribution in [0.25, 0.3) is 0 Å². The summed E-state index contributed by atoms with van der Waals surface area (Å²) in [5.74, 6) is -3.65. The number of carbonyl (C=O) groups is 2. The molecule has 0 aliphatic carbocycles. The minimum Gasteiger partial charge on any atom is -2.00 e. The molecular weight excluding hydrogens is 128 g/mol. The molecule has 0 aromatic rings. The molecule has 0 aromatic heterocycles. The van der Waals surface area contributed by atoms with E-state index in [9.17, 15) is 0 Å². The summed E-state index contributed by atoms with van der Waals surface area (Å²) in [5.41, 5.74) is 0. The molecular formula is C2H2MgO5. The summed E-state index contributed by atoms with van der Waals surface area (Å²) < 4.78 is 0. The molecule has 0 aliphatic rings. The van der Waals surface area contributed by atoms with Crippen molar-refractivity contribution in [3.8, 4) is 0 Å².